The number of H-pyrrole nitrogens is 1. The molecule has 1 aromatic carbocycles. The number of fused-ring (bicyclic) bond motifs is 4. The highest BCUT2D eigenvalue weighted by Gasteiger charge is 2.40. The van der Waals surface area contributed by atoms with E-state index in [1.165, 1.54) is 12.8 Å². The smallest absolute Gasteiger partial charge is 0.261 e. The number of hydrogen-bond donors (Lipinski definition) is 3. The van der Waals surface area contributed by atoms with Crippen molar-refractivity contribution in [3.8, 4) is 11.1 Å². The van der Waals surface area contributed by atoms with Crippen molar-refractivity contribution >= 4 is 60.3 Å². The highest BCUT2D eigenvalue weighted by atomic mass is 35.5. The summed E-state index contributed by atoms with van der Waals surface area (Å²) in [6, 6.07) is 5.29. The van der Waals surface area contributed by atoms with Crippen molar-refractivity contribution in [1.82, 2.24) is 19.9 Å². The Kier molecular flexibility index (Phi) is 5.78. The largest absolute Gasteiger partial charge is 0.349 e. The fourth-order valence-electron chi connectivity index (χ4n) is 4.91. The molecule has 2 unspecified atom stereocenters. The Labute approximate surface area is 199 Å². The molecule has 0 amide bonds. The minimum Gasteiger partial charge on any atom is -0.349 e. The van der Waals surface area contributed by atoms with E-state index >= 15 is 0 Å². The number of nitrogens with two attached hydrogens (primary N) is 1. The van der Waals surface area contributed by atoms with Gasteiger partial charge in [-0.2, -0.15) is 8.42 Å². The number of aromatic amines is 1. The number of halogens is 1. The fourth-order valence-corrected chi connectivity index (χ4v) is 6.03. The normalized spacial score (nSPS) is 22.5. The number of thiazole rings is 1. The topological polar surface area (TPSA) is 138 Å². The highest BCUT2D eigenvalue weighted by Crippen LogP contribution is 2.40. The van der Waals surface area contributed by atoms with Crippen LogP contribution in [0, 0.1) is 0 Å². The second kappa shape index (κ2) is 8.48. The van der Waals surface area contributed by atoms with Gasteiger partial charge in [0.15, 0.2) is 5.65 Å². The van der Waals surface area contributed by atoms with Crippen molar-refractivity contribution in [3.63, 3.8) is 0 Å². The molecule has 2 aliphatic rings. The Morgan fingerprint density at radius 1 is 1.21 bits per heavy atom. The lowest BCUT2D eigenvalue weighted by molar-refractivity contribution is 0.412. The highest BCUT2D eigenvalue weighted by molar-refractivity contribution is 7.85. The first kappa shape index (κ1) is 22.5. The molecule has 2 aliphatic heterocycles. The number of nitrogens with one attached hydrogen (secondary N) is 1. The van der Waals surface area contributed by atoms with E-state index in [-0.39, 0.29) is 0 Å². The number of rotatable bonds is 2. The molecule has 2 atom stereocenters. The summed E-state index contributed by atoms with van der Waals surface area (Å²) >= 11 is 8.23. The average molecular weight is 507 g/mol. The summed E-state index contributed by atoms with van der Waals surface area (Å²) in [4.78, 5) is 19.8. The lowest BCUT2D eigenvalue weighted by atomic mass is 9.98. The average Bonchev–Trinajstić information content (AvgIpc) is 3.43. The van der Waals surface area contributed by atoms with Gasteiger partial charge in [-0.15, -0.1) is 11.3 Å². The van der Waals surface area contributed by atoms with Crippen LogP contribution in [0.5, 0.6) is 0 Å². The molecule has 0 aliphatic carbocycles. The van der Waals surface area contributed by atoms with Crippen LogP contribution < -0.4 is 10.6 Å². The molecule has 4 N–H and O–H groups in total. The lowest BCUT2D eigenvalue weighted by Gasteiger charge is -2.38. The number of anilines is 1. The summed E-state index contributed by atoms with van der Waals surface area (Å²) in [6.07, 6.45) is 9.03. The number of hydrogen-bond acceptors (Lipinski definition) is 8. The molecule has 0 saturated carbocycles. The zero-order valence-electron chi connectivity index (χ0n) is 17.8. The molecule has 33 heavy (non-hydrogen) atoms. The summed E-state index contributed by atoms with van der Waals surface area (Å²) in [5.41, 5.74) is 12.5. The summed E-state index contributed by atoms with van der Waals surface area (Å²) in [6.45, 7) is 0. The third-order valence-electron chi connectivity index (χ3n) is 6.13. The third kappa shape index (κ3) is 4.43. The van der Waals surface area contributed by atoms with Gasteiger partial charge < -0.3 is 15.6 Å². The van der Waals surface area contributed by atoms with Gasteiger partial charge in [-0.05, 0) is 31.7 Å². The maximum atomic E-state index is 9.19. The van der Waals surface area contributed by atoms with Gasteiger partial charge in [0.2, 0.25) is 0 Å². The van der Waals surface area contributed by atoms with Crippen molar-refractivity contribution in [2.24, 2.45) is 5.73 Å². The van der Waals surface area contributed by atoms with Crippen molar-refractivity contribution in [2.75, 3.05) is 11.2 Å². The third-order valence-corrected chi connectivity index (χ3v) is 7.50. The number of benzene rings is 1. The van der Waals surface area contributed by atoms with Crippen LogP contribution in [0.25, 0.3) is 32.5 Å². The molecule has 5 heterocycles. The van der Waals surface area contributed by atoms with Crippen LogP contribution in [-0.4, -0.2) is 57.3 Å². The maximum Gasteiger partial charge on any atom is 0.261 e. The van der Waals surface area contributed by atoms with E-state index in [2.05, 4.69) is 14.9 Å². The molecule has 2 bridgehead atoms. The quantitative estimate of drug-likeness (QED) is 0.348. The molecule has 2 saturated heterocycles. The summed E-state index contributed by atoms with van der Waals surface area (Å²) in [7, 11) is -3.67. The standard InChI is InChI=1S/C20H19ClN6S.CH4O3S/c21-17-13(3-4-15-19(17)28-9-25-15)14-7-24-20-18(14)23-8-16(26-20)27-11-1-2-12(27)6-10(22)5-11;1-5(2,3)4/h3-4,7-12H,1-2,5-6,22H2,(H,24,26);1H3,(H,2,3,4). The van der Waals surface area contributed by atoms with E-state index in [9.17, 15) is 8.42 Å². The van der Waals surface area contributed by atoms with Gasteiger partial charge in [-0.3, -0.25) is 4.55 Å². The van der Waals surface area contributed by atoms with Gasteiger partial charge in [0.1, 0.15) is 11.3 Å². The Balaban J connectivity index is 0.000000416. The van der Waals surface area contributed by atoms with Crippen LogP contribution in [0.1, 0.15) is 25.7 Å². The minimum atomic E-state index is -3.67. The predicted octanol–water partition coefficient (Wildman–Crippen LogP) is 3.85. The molecule has 4 aromatic rings. The van der Waals surface area contributed by atoms with Crippen molar-refractivity contribution in [2.45, 2.75) is 43.8 Å². The van der Waals surface area contributed by atoms with Crippen LogP contribution in [0.2, 0.25) is 5.02 Å². The van der Waals surface area contributed by atoms with Crippen LogP contribution in [0.4, 0.5) is 5.82 Å². The zero-order chi connectivity index (χ0) is 23.3. The fraction of sp³-hybridized carbons (Fsp3) is 0.381. The molecule has 2 fully saturated rings. The van der Waals surface area contributed by atoms with Gasteiger partial charge in [0.05, 0.1) is 33.2 Å². The van der Waals surface area contributed by atoms with E-state index < -0.39 is 10.1 Å². The Hall–Kier alpha value is -2.31. The minimum absolute atomic E-state index is 0.311. The lowest BCUT2D eigenvalue weighted by Crippen LogP contribution is -2.47. The van der Waals surface area contributed by atoms with Gasteiger partial charge >= 0.3 is 0 Å². The molecule has 12 heteroatoms. The number of piperidine rings is 1. The predicted molar refractivity (Wildman–Crippen MR) is 131 cm³/mol. The molecule has 3 aromatic heterocycles. The molecule has 9 nitrogen and oxygen atoms in total. The van der Waals surface area contributed by atoms with Crippen molar-refractivity contribution in [1.29, 1.82) is 0 Å². The van der Waals surface area contributed by atoms with Gasteiger partial charge in [0, 0.05) is 35.4 Å². The van der Waals surface area contributed by atoms with Crippen LogP contribution in [0.3, 0.4) is 0 Å². The van der Waals surface area contributed by atoms with E-state index in [0.717, 1.165) is 56.2 Å². The molecule has 0 spiro atoms. The Bertz CT molecular complexity index is 1410. The number of aromatic nitrogens is 4. The second-order valence-electron chi connectivity index (χ2n) is 8.51. The monoisotopic (exact) mass is 506 g/mol. The second-order valence-corrected chi connectivity index (χ2v) is 11.2. The maximum absolute atomic E-state index is 9.19. The van der Waals surface area contributed by atoms with Crippen LogP contribution >= 0.6 is 22.9 Å². The van der Waals surface area contributed by atoms with Gasteiger partial charge in [-0.25, -0.2) is 15.0 Å². The summed E-state index contributed by atoms with van der Waals surface area (Å²) < 4.78 is 26.9. The molecule has 6 rings (SSSR count). The van der Waals surface area contributed by atoms with Gasteiger partial charge in [0.25, 0.3) is 10.1 Å². The van der Waals surface area contributed by atoms with E-state index in [1.54, 1.807) is 11.3 Å². The van der Waals surface area contributed by atoms with E-state index in [1.807, 2.05) is 30.0 Å². The molecule has 0 radical (unpaired) electrons. The van der Waals surface area contributed by atoms with Crippen molar-refractivity contribution in [3.05, 3.63) is 35.1 Å². The van der Waals surface area contributed by atoms with Gasteiger partial charge in [-0.1, -0.05) is 17.7 Å². The Morgan fingerprint density at radius 3 is 2.61 bits per heavy atom. The summed E-state index contributed by atoms with van der Waals surface area (Å²) in [5, 5.41) is 0.717. The van der Waals surface area contributed by atoms with Crippen molar-refractivity contribution < 1.29 is 13.0 Å². The van der Waals surface area contributed by atoms with E-state index in [4.69, 9.17) is 31.9 Å². The van der Waals surface area contributed by atoms with Crippen LogP contribution in [-0.2, 0) is 10.1 Å². The number of nitrogens with zero attached hydrogens (tertiary/aromatic N) is 4. The van der Waals surface area contributed by atoms with Crippen LogP contribution in [0.15, 0.2) is 30.0 Å². The zero-order valence-corrected chi connectivity index (χ0v) is 20.2. The molecular formula is C21H23ClN6O3S2. The first-order valence-corrected chi connectivity index (χ1v) is 13.6. The first-order valence-electron chi connectivity index (χ1n) is 10.5. The first-order chi connectivity index (χ1) is 15.7. The Morgan fingerprint density at radius 2 is 1.91 bits per heavy atom. The molecular weight excluding hydrogens is 484 g/mol. The SMILES string of the molecule is CS(=O)(=O)O.NC1CC2CCC(C1)N2c1cnc2c(-c3ccc4ncsc4c3Cl)c[nH]c2n1. The summed E-state index contributed by atoms with van der Waals surface area (Å²) in [5.74, 6) is 0.948. The molecule has 174 valence electrons. The van der Waals surface area contributed by atoms with E-state index in [0.29, 0.717) is 24.4 Å².